The number of ether oxygens (including phenoxy) is 1. The molecule has 1 amide bonds. The summed E-state index contributed by atoms with van der Waals surface area (Å²) >= 11 is 0. The molecule has 1 heterocycles. The van der Waals surface area contributed by atoms with Crippen molar-refractivity contribution in [2.75, 3.05) is 17.7 Å². The summed E-state index contributed by atoms with van der Waals surface area (Å²) in [7, 11) is 1.58. The number of pyridine rings is 1. The van der Waals surface area contributed by atoms with Gasteiger partial charge in [0, 0.05) is 24.0 Å². The summed E-state index contributed by atoms with van der Waals surface area (Å²) in [5.41, 5.74) is 1.53. The Hall–Kier alpha value is -3.55. The molecule has 2 N–H and O–H groups in total. The van der Waals surface area contributed by atoms with Gasteiger partial charge >= 0.3 is 6.18 Å². The van der Waals surface area contributed by atoms with Gasteiger partial charge in [-0.05, 0) is 47.9 Å². The second-order valence-electron chi connectivity index (χ2n) is 7.51. The number of carbonyl (C=O) groups excluding carboxylic acids is 1. The molecule has 0 aliphatic rings. The smallest absolute Gasteiger partial charge is 0.416 e. The summed E-state index contributed by atoms with van der Waals surface area (Å²) in [6.07, 6.45) is -2.74. The normalized spacial score (nSPS) is 11.3. The summed E-state index contributed by atoms with van der Waals surface area (Å²) in [6.45, 7) is 4.34. The molecular formula is C24H24F3N3O2. The Balaban J connectivity index is 1.84. The molecular weight excluding hydrogens is 419 g/mol. The van der Waals surface area contributed by atoms with E-state index in [0.717, 1.165) is 23.3 Å². The lowest BCUT2D eigenvalue weighted by atomic mass is 10.0. The minimum Gasteiger partial charge on any atom is -0.496 e. The number of alkyl halides is 3. The monoisotopic (exact) mass is 443 g/mol. The molecule has 0 aliphatic carbocycles. The van der Waals surface area contributed by atoms with E-state index < -0.39 is 17.6 Å². The SMILES string of the molecule is COc1ccccc1CNc1ncc(C(C)C)cc1C(=O)Nc1ccc(C(F)(F)F)cc1. The fourth-order valence-electron chi connectivity index (χ4n) is 3.08. The summed E-state index contributed by atoms with van der Waals surface area (Å²) in [6, 6.07) is 13.5. The van der Waals surface area contributed by atoms with Crippen molar-refractivity contribution in [2.24, 2.45) is 0 Å². The molecule has 8 heteroatoms. The number of rotatable bonds is 7. The molecule has 1 aromatic heterocycles. The first-order valence-electron chi connectivity index (χ1n) is 10.0. The van der Waals surface area contributed by atoms with Crippen LogP contribution in [-0.2, 0) is 12.7 Å². The first-order chi connectivity index (χ1) is 15.2. The molecule has 0 saturated heterocycles. The molecule has 32 heavy (non-hydrogen) atoms. The molecule has 2 aromatic carbocycles. The number of nitrogens with zero attached hydrogens (tertiary/aromatic N) is 1. The number of nitrogens with one attached hydrogen (secondary N) is 2. The van der Waals surface area contributed by atoms with Crippen LogP contribution in [0, 0.1) is 0 Å². The van der Waals surface area contributed by atoms with Crippen LogP contribution in [-0.4, -0.2) is 18.0 Å². The number of para-hydroxylation sites is 1. The van der Waals surface area contributed by atoms with E-state index >= 15 is 0 Å². The molecule has 3 aromatic rings. The lowest BCUT2D eigenvalue weighted by Gasteiger charge is -2.15. The molecule has 3 rings (SSSR count). The lowest BCUT2D eigenvalue weighted by molar-refractivity contribution is -0.137. The third kappa shape index (κ3) is 5.57. The van der Waals surface area contributed by atoms with Crippen LogP contribution in [0.2, 0.25) is 0 Å². The van der Waals surface area contributed by atoms with Crippen LogP contribution < -0.4 is 15.4 Å². The van der Waals surface area contributed by atoms with Crippen molar-refractivity contribution >= 4 is 17.4 Å². The van der Waals surface area contributed by atoms with Crippen molar-refractivity contribution in [2.45, 2.75) is 32.5 Å². The number of methoxy groups -OCH3 is 1. The van der Waals surface area contributed by atoms with Gasteiger partial charge < -0.3 is 15.4 Å². The van der Waals surface area contributed by atoms with Crippen LogP contribution >= 0.6 is 0 Å². The van der Waals surface area contributed by atoms with Gasteiger partial charge in [0.2, 0.25) is 0 Å². The maximum absolute atomic E-state index is 13.0. The van der Waals surface area contributed by atoms with E-state index in [1.54, 1.807) is 19.4 Å². The van der Waals surface area contributed by atoms with Gasteiger partial charge in [-0.1, -0.05) is 32.0 Å². The van der Waals surface area contributed by atoms with Gasteiger partial charge in [0.05, 0.1) is 18.2 Å². The third-order valence-electron chi connectivity index (χ3n) is 4.93. The molecule has 0 fully saturated rings. The Kier molecular flexibility index (Phi) is 7.02. The molecule has 168 valence electrons. The molecule has 0 spiro atoms. The number of hydrogen-bond donors (Lipinski definition) is 2. The van der Waals surface area contributed by atoms with E-state index in [2.05, 4.69) is 15.6 Å². The number of benzene rings is 2. The van der Waals surface area contributed by atoms with Crippen molar-refractivity contribution in [1.29, 1.82) is 0 Å². The van der Waals surface area contributed by atoms with Gasteiger partial charge in [0.25, 0.3) is 5.91 Å². The van der Waals surface area contributed by atoms with E-state index in [4.69, 9.17) is 4.74 Å². The second kappa shape index (κ2) is 9.72. The largest absolute Gasteiger partial charge is 0.496 e. The molecule has 0 bridgehead atoms. The standard InChI is InChI=1S/C24H24F3N3O2/c1-15(2)17-12-20(23(31)30-19-10-8-18(9-11-19)24(25,26)27)22(29-14-17)28-13-16-6-4-5-7-21(16)32-3/h4-12,14-15H,13H2,1-3H3,(H,28,29)(H,30,31). The molecule has 5 nitrogen and oxygen atoms in total. The molecule has 0 aliphatic heterocycles. The number of anilines is 2. The van der Waals surface area contributed by atoms with Gasteiger partial charge in [-0.2, -0.15) is 13.2 Å². The van der Waals surface area contributed by atoms with Crippen molar-refractivity contribution in [3.05, 3.63) is 83.0 Å². The van der Waals surface area contributed by atoms with Gasteiger partial charge in [-0.25, -0.2) is 4.98 Å². The van der Waals surface area contributed by atoms with Crippen molar-refractivity contribution in [3.63, 3.8) is 0 Å². The highest BCUT2D eigenvalue weighted by Gasteiger charge is 2.30. The Morgan fingerprint density at radius 2 is 1.78 bits per heavy atom. The number of hydrogen-bond acceptors (Lipinski definition) is 4. The third-order valence-corrected chi connectivity index (χ3v) is 4.93. The van der Waals surface area contributed by atoms with Gasteiger partial charge in [-0.3, -0.25) is 4.79 Å². The predicted molar refractivity (Wildman–Crippen MR) is 118 cm³/mol. The Bertz CT molecular complexity index is 1080. The molecule has 0 saturated carbocycles. The van der Waals surface area contributed by atoms with Crippen LogP contribution in [0.1, 0.15) is 46.8 Å². The first-order valence-corrected chi connectivity index (χ1v) is 10.0. The summed E-state index contributed by atoms with van der Waals surface area (Å²) in [5.74, 6) is 0.741. The Labute approximate surface area is 184 Å². The topological polar surface area (TPSA) is 63.2 Å². The maximum atomic E-state index is 13.0. The fourth-order valence-corrected chi connectivity index (χ4v) is 3.08. The molecule has 0 unspecified atom stereocenters. The van der Waals surface area contributed by atoms with Gasteiger partial charge in [-0.15, -0.1) is 0 Å². The number of amides is 1. The minimum absolute atomic E-state index is 0.142. The molecule has 0 atom stereocenters. The Morgan fingerprint density at radius 3 is 2.41 bits per heavy atom. The van der Waals surface area contributed by atoms with Crippen molar-refractivity contribution in [1.82, 2.24) is 4.98 Å². The highest BCUT2D eigenvalue weighted by molar-refractivity contribution is 6.07. The summed E-state index contributed by atoms with van der Waals surface area (Å²) in [5, 5.41) is 5.82. The first kappa shape index (κ1) is 23.1. The zero-order valence-corrected chi connectivity index (χ0v) is 18.0. The van der Waals surface area contributed by atoms with E-state index in [1.807, 2.05) is 38.1 Å². The summed E-state index contributed by atoms with van der Waals surface area (Å²) < 4.78 is 43.7. The average molecular weight is 443 g/mol. The van der Waals surface area contributed by atoms with Crippen LogP contribution in [0.15, 0.2) is 60.8 Å². The van der Waals surface area contributed by atoms with Gasteiger partial charge in [0.15, 0.2) is 0 Å². The zero-order chi connectivity index (χ0) is 23.3. The Morgan fingerprint density at radius 1 is 1.09 bits per heavy atom. The number of carbonyl (C=O) groups is 1. The molecule has 0 radical (unpaired) electrons. The highest BCUT2D eigenvalue weighted by atomic mass is 19.4. The summed E-state index contributed by atoms with van der Waals surface area (Å²) in [4.78, 5) is 17.4. The fraction of sp³-hybridized carbons (Fsp3) is 0.250. The van der Waals surface area contributed by atoms with E-state index in [-0.39, 0.29) is 11.6 Å². The van der Waals surface area contributed by atoms with Crippen molar-refractivity contribution < 1.29 is 22.7 Å². The van der Waals surface area contributed by atoms with E-state index in [9.17, 15) is 18.0 Å². The lowest BCUT2D eigenvalue weighted by Crippen LogP contribution is -2.17. The van der Waals surface area contributed by atoms with Crippen LogP contribution in [0.4, 0.5) is 24.7 Å². The minimum atomic E-state index is -4.44. The average Bonchev–Trinajstić information content (AvgIpc) is 2.77. The van der Waals surface area contributed by atoms with Crippen LogP contribution in [0.5, 0.6) is 5.75 Å². The number of halogens is 3. The van der Waals surface area contributed by atoms with Crippen molar-refractivity contribution in [3.8, 4) is 5.75 Å². The zero-order valence-electron chi connectivity index (χ0n) is 18.0. The highest BCUT2D eigenvalue weighted by Crippen LogP contribution is 2.30. The van der Waals surface area contributed by atoms with E-state index in [1.165, 1.54) is 12.1 Å². The number of aromatic nitrogens is 1. The van der Waals surface area contributed by atoms with Gasteiger partial charge in [0.1, 0.15) is 11.6 Å². The predicted octanol–water partition coefficient (Wildman–Crippen LogP) is 6.10. The van der Waals surface area contributed by atoms with E-state index in [0.29, 0.717) is 23.7 Å². The quantitative estimate of drug-likeness (QED) is 0.463. The van der Waals surface area contributed by atoms with Crippen LogP contribution in [0.25, 0.3) is 0 Å². The maximum Gasteiger partial charge on any atom is 0.416 e. The second-order valence-corrected chi connectivity index (χ2v) is 7.51. The van der Waals surface area contributed by atoms with Crippen LogP contribution in [0.3, 0.4) is 0 Å².